The monoisotopic (exact) mass is 1160 g/mol. The van der Waals surface area contributed by atoms with E-state index in [0.717, 1.165) is 39.4 Å². The van der Waals surface area contributed by atoms with Crippen LogP contribution in [0.25, 0.3) is 66.2 Å². The molecule has 0 bridgehead atoms. The molecule has 0 radical (unpaired) electrons. The van der Waals surface area contributed by atoms with E-state index in [1.54, 1.807) is 48.5 Å². The second kappa shape index (κ2) is 30.4. The van der Waals surface area contributed by atoms with E-state index < -0.39 is 0 Å². The predicted octanol–water partition coefficient (Wildman–Crippen LogP) is 17.5. The minimum absolute atomic E-state index is 0. The Morgan fingerprint density at radius 1 is 0.622 bits per heavy atom. The number of aromatic nitrogens is 4. The number of methoxy groups -OCH3 is 1. The Balaban J connectivity index is 0.000000232. The molecule has 6 heterocycles. The van der Waals surface area contributed by atoms with Crippen LogP contribution in [0.2, 0.25) is 10.0 Å². The van der Waals surface area contributed by atoms with Gasteiger partial charge in [0, 0.05) is 50.4 Å². The number of furan rings is 1. The van der Waals surface area contributed by atoms with Crippen molar-refractivity contribution in [1.82, 2.24) is 0 Å². The largest absolute Gasteiger partial charge is 0.488 e. The summed E-state index contributed by atoms with van der Waals surface area (Å²) in [4.78, 5) is 11.8. The minimum Gasteiger partial charge on any atom is -0.488 e. The molecule has 0 saturated carbocycles. The summed E-state index contributed by atoms with van der Waals surface area (Å²) in [6, 6.07) is 47.3. The third-order valence-electron chi connectivity index (χ3n) is 13.9. The molecule has 1 aliphatic carbocycles. The molecule has 11 rings (SSSR count). The first kappa shape index (κ1) is 66.8. The number of pyridine rings is 4. The normalized spacial score (nSPS) is 11.0. The van der Waals surface area contributed by atoms with Crippen molar-refractivity contribution in [2.24, 2.45) is 28.2 Å². The molecule has 1 aliphatic rings. The number of hydrogen-bond donors (Lipinski definition) is 0. The molecule has 0 saturated heterocycles. The van der Waals surface area contributed by atoms with Crippen molar-refractivity contribution in [2.45, 2.75) is 90.0 Å². The summed E-state index contributed by atoms with van der Waals surface area (Å²) in [6.07, 6.45) is 12.8. The van der Waals surface area contributed by atoms with Gasteiger partial charge in [-0.05, 0) is 130 Å². The first-order valence-corrected chi connectivity index (χ1v) is 27.6. The van der Waals surface area contributed by atoms with Gasteiger partial charge in [0.05, 0.1) is 41.9 Å². The van der Waals surface area contributed by atoms with Crippen LogP contribution in [0, 0.1) is 37.8 Å². The number of nitrogens with zero attached hydrogens (tertiary/aromatic N) is 5. The zero-order chi connectivity index (χ0) is 55.6. The first-order valence-electron chi connectivity index (χ1n) is 26.0. The first-order chi connectivity index (χ1) is 37.5. The van der Waals surface area contributed by atoms with Crippen molar-refractivity contribution in [3.8, 4) is 67.9 Å². The molecule has 430 valence electrons. The van der Waals surface area contributed by atoms with E-state index >= 15 is 0 Å². The number of aryl methyl sites for hydroxylation is 10. The van der Waals surface area contributed by atoms with Gasteiger partial charge < -0.3 is 13.9 Å². The van der Waals surface area contributed by atoms with Crippen LogP contribution < -0.4 is 27.7 Å². The van der Waals surface area contributed by atoms with Crippen LogP contribution in [0.15, 0.2) is 169 Å². The summed E-state index contributed by atoms with van der Waals surface area (Å²) >= 11 is 13.8. The van der Waals surface area contributed by atoms with Crippen LogP contribution in [-0.4, -0.2) is 18.6 Å². The van der Waals surface area contributed by atoms with Crippen LogP contribution in [0.3, 0.4) is 0 Å². The van der Waals surface area contributed by atoms with Gasteiger partial charge in [-0.2, -0.15) is 9.13 Å². The molecule has 10 nitrogen and oxygen atoms in total. The quantitative estimate of drug-likeness (QED) is 0.0816. The van der Waals surface area contributed by atoms with E-state index in [1.807, 2.05) is 55.3 Å². The van der Waals surface area contributed by atoms with Gasteiger partial charge in [0.1, 0.15) is 44.0 Å². The molecule has 0 fully saturated rings. The zero-order valence-corrected chi connectivity index (χ0v) is 48.4. The predicted molar refractivity (Wildman–Crippen MR) is 342 cm³/mol. The molecule has 0 spiro atoms. The van der Waals surface area contributed by atoms with Crippen molar-refractivity contribution >= 4 is 50.3 Å². The van der Waals surface area contributed by atoms with Crippen LogP contribution >= 0.6 is 34.5 Å². The smallest absolute Gasteiger partial charge is 0.285 e. The standard InChI is InChI=1S/C19H24NO.C19H18N.C15H13N2O2S.C12H12Cl2NO2.4CH4/c1-4-21-17-9-10-19(20(3)13-17)18-12-16-8-6-5-7-15(16)11-14(18)2;1-15-14-17(16-8-4-3-5-9-16)11-12-18(15)19-10-6-7-13-20(19)2;1-10-15(12-5-3-4-6-14(12)20-10)13-9-11(17(18)19)7-8-16(13)2;1-7-9(5-11(16-3)17-7)12-10(14)4-8(13)6-15(12)2;;;;/h9-13H,4-8H2,1-3H3;3-14H,1-2H3;3-9H,1-2H3;4-6H,1-3H3;4*1H4/q4*+1;;;;. The molecule has 0 N–H and O–H groups in total. The molecule has 82 heavy (non-hydrogen) atoms. The molecule has 6 aromatic heterocycles. The van der Waals surface area contributed by atoms with Gasteiger partial charge in [0.2, 0.25) is 29.0 Å². The lowest BCUT2D eigenvalue weighted by Crippen LogP contribution is -2.31. The lowest BCUT2D eigenvalue weighted by Gasteiger charge is -2.18. The summed E-state index contributed by atoms with van der Waals surface area (Å²) in [5.41, 5.74) is 17.2. The SMILES string of the molecule is C.C.C.C.CCOc1ccc(-c2cc3c(cc2C)CCCC3)[n+](C)c1.COc1cc(-c2c(Cl)cc(Cl)c[n+]2C)c(C)o1.Cc1cc(-c2ccccc2)ccc1-c1cccc[n+]1C.Cc1sc2ccccc2c1-c1cc([N+](=O)[O-])cc[n+]1C. The molecule has 10 aromatic rings. The van der Waals surface area contributed by atoms with Crippen LogP contribution in [0.5, 0.6) is 11.7 Å². The molecule has 0 aliphatic heterocycles. The van der Waals surface area contributed by atoms with Gasteiger partial charge >= 0.3 is 0 Å². The lowest BCUT2D eigenvalue weighted by molar-refractivity contribution is -0.660. The number of ether oxygens (including phenoxy) is 2. The van der Waals surface area contributed by atoms with Crippen molar-refractivity contribution < 1.29 is 37.1 Å². The summed E-state index contributed by atoms with van der Waals surface area (Å²) in [7, 11) is 9.53. The highest BCUT2D eigenvalue weighted by atomic mass is 35.5. The summed E-state index contributed by atoms with van der Waals surface area (Å²) in [6.45, 7) is 11.0. The van der Waals surface area contributed by atoms with E-state index in [1.165, 1.54) is 91.7 Å². The highest BCUT2D eigenvalue weighted by Crippen LogP contribution is 2.38. The Morgan fingerprint density at radius 2 is 1.27 bits per heavy atom. The van der Waals surface area contributed by atoms with E-state index in [4.69, 9.17) is 37.1 Å². The maximum atomic E-state index is 11.0. The average molecular weight is 1170 g/mol. The van der Waals surface area contributed by atoms with Gasteiger partial charge in [-0.15, -0.1) is 11.3 Å². The highest BCUT2D eigenvalue weighted by Gasteiger charge is 2.24. The third kappa shape index (κ3) is 15.6. The van der Waals surface area contributed by atoms with Crippen molar-refractivity contribution in [3.63, 3.8) is 0 Å². The van der Waals surface area contributed by atoms with Gasteiger partial charge in [-0.3, -0.25) is 10.1 Å². The summed E-state index contributed by atoms with van der Waals surface area (Å²) in [5, 5.41) is 13.3. The van der Waals surface area contributed by atoms with Crippen molar-refractivity contribution in [3.05, 3.63) is 217 Å². The van der Waals surface area contributed by atoms with Gasteiger partial charge in [-0.25, -0.2) is 9.13 Å². The molecule has 4 aromatic carbocycles. The maximum Gasteiger partial charge on any atom is 0.285 e. The molecule has 0 atom stereocenters. The maximum absolute atomic E-state index is 11.0. The fourth-order valence-electron chi connectivity index (χ4n) is 10.0. The number of thiophene rings is 1. The topological polar surface area (TPSA) is 90.3 Å². The number of hydrogen-bond acceptors (Lipinski definition) is 6. The fourth-order valence-corrected chi connectivity index (χ4v) is 11.8. The average Bonchev–Trinajstić information content (AvgIpc) is 3.97. The van der Waals surface area contributed by atoms with Gasteiger partial charge in [-0.1, -0.05) is 120 Å². The van der Waals surface area contributed by atoms with E-state index in [2.05, 4.69) is 160 Å². The van der Waals surface area contributed by atoms with Crippen LogP contribution in [-0.2, 0) is 41.0 Å². The third-order valence-corrected chi connectivity index (χ3v) is 15.5. The van der Waals surface area contributed by atoms with Crippen molar-refractivity contribution in [1.29, 1.82) is 0 Å². The Morgan fingerprint density at radius 3 is 1.90 bits per heavy atom. The Bertz CT molecular complexity index is 3740. The van der Waals surface area contributed by atoms with E-state index in [-0.39, 0.29) is 40.3 Å². The highest BCUT2D eigenvalue weighted by molar-refractivity contribution is 7.19. The minimum atomic E-state index is -0.354. The molecular weight excluding hydrogens is 1080 g/mol. The molecular formula is C69H83Cl2N5O5S+4. The molecule has 0 unspecified atom stereocenters. The second-order valence-corrected chi connectivity index (χ2v) is 21.5. The number of rotatable bonds is 9. The zero-order valence-electron chi connectivity index (χ0n) is 46.1. The summed E-state index contributed by atoms with van der Waals surface area (Å²) in [5.74, 6) is 2.14. The second-order valence-electron chi connectivity index (χ2n) is 19.4. The van der Waals surface area contributed by atoms with Crippen LogP contribution in [0.1, 0.15) is 82.4 Å². The van der Waals surface area contributed by atoms with Gasteiger partial charge in [0.25, 0.3) is 11.6 Å². The Hall–Kier alpha value is -7.70. The number of nitro groups is 1. The van der Waals surface area contributed by atoms with E-state index in [9.17, 15) is 10.1 Å². The molecule has 13 heteroatoms. The molecule has 0 amide bonds. The lowest BCUT2D eigenvalue weighted by atomic mass is 9.87. The van der Waals surface area contributed by atoms with Crippen molar-refractivity contribution in [2.75, 3.05) is 13.7 Å². The van der Waals surface area contributed by atoms with Gasteiger partial charge in [0.15, 0.2) is 24.3 Å². The number of fused-ring (bicyclic) bond motifs is 2. The number of benzene rings is 4. The van der Waals surface area contributed by atoms with E-state index in [0.29, 0.717) is 22.6 Å². The van der Waals surface area contributed by atoms with Crippen LogP contribution in [0.4, 0.5) is 5.69 Å². The Labute approximate surface area is 501 Å². The Kier molecular flexibility index (Phi) is 24.8. The summed E-state index contributed by atoms with van der Waals surface area (Å²) < 4.78 is 25.4. The fraction of sp³-hybridized carbons (Fsp3) is 0.275. The number of halogens is 2.